The molecule has 0 bridgehead atoms. The summed E-state index contributed by atoms with van der Waals surface area (Å²) in [6, 6.07) is 0. The zero-order chi connectivity index (χ0) is 4.12. The van der Waals surface area contributed by atoms with Crippen molar-refractivity contribution in [3.05, 3.63) is 6.61 Å². The first-order valence-electron chi connectivity index (χ1n) is 1.87. The van der Waals surface area contributed by atoms with E-state index < -0.39 is 0 Å². The topological polar surface area (TPSA) is 20.2 Å². The van der Waals surface area contributed by atoms with E-state index in [0.717, 1.165) is 12.8 Å². The number of aliphatic hydroxyl groups excluding tert-OH is 1. The van der Waals surface area contributed by atoms with Gasteiger partial charge in [-0.05, 0) is 0 Å². The molecule has 0 saturated heterocycles. The van der Waals surface area contributed by atoms with E-state index >= 15 is 0 Å². The average molecular weight is 121 g/mol. The number of hydrogen-bond acceptors (Lipinski definition) is 1. The van der Waals surface area contributed by atoms with Crippen molar-refractivity contribution >= 4 is 0 Å². The molecule has 0 aromatic carbocycles. The van der Waals surface area contributed by atoms with Gasteiger partial charge in [-0.1, -0.05) is 13.3 Å². The maximum absolute atomic E-state index is 7.94. The van der Waals surface area contributed by atoms with E-state index in [1.165, 1.54) is 6.61 Å². The Morgan fingerprint density at radius 3 is 2.17 bits per heavy atom. The third-order valence-electron chi connectivity index (χ3n) is 0.418. The molecule has 6 heavy (non-hydrogen) atoms. The van der Waals surface area contributed by atoms with E-state index in [9.17, 15) is 0 Å². The zero-order valence-corrected chi connectivity index (χ0v) is 5.50. The molecule has 1 N–H and O–H groups in total. The molecule has 0 spiro atoms. The Morgan fingerprint density at radius 2 is 2.17 bits per heavy atom. The molecule has 2 heteroatoms. The summed E-state index contributed by atoms with van der Waals surface area (Å²) in [6.45, 7) is 3.20. The van der Waals surface area contributed by atoms with E-state index in [-0.39, 0.29) is 21.7 Å². The quantitative estimate of drug-likeness (QED) is 0.431. The molecule has 0 saturated carbocycles. The minimum atomic E-state index is 0. The van der Waals surface area contributed by atoms with Crippen molar-refractivity contribution in [2.45, 2.75) is 19.8 Å². The molecule has 0 radical (unpaired) electrons. The Balaban J connectivity index is 0. The van der Waals surface area contributed by atoms with Crippen molar-refractivity contribution in [2.24, 2.45) is 0 Å². The zero-order valence-electron chi connectivity index (χ0n) is 3.94. The predicted octanol–water partition coefficient (Wildman–Crippen LogP) is 1.32. The van der Waals surface area contributed by atoms with Crippen molar-refractivity contribution in [3.8, 4) is 0 Å². The Hall–Kier alpha value is 0.674. The Bertz CT molecular complexity index is 15.0. The van der Waals surface area contributed by atoms with Crippen molar-refractivity contribution in [3.63, 3.8) is 0 Å². The first kappa shape index (κ1) is 9.84. The first-order valence-corrected chi connectivity index (χ1v) is 1.87. The predicted molar refractivity (Wildman–Crippen MR) is 21.1 cm³/mol. The fourth-order valence-corrected chi connectivity index (χ4v) is 0.129. The number of hydrogen-bond donors (Lipinski definition) is 1. The minimum absolute atomic E-state index is 0. The molecular weight excluding hydrogens is 112 g/mol. The molecule has 0 atom stereocenters. The molecule has 0 amide bonds. The molecule has 0 aromatic rings. The normalized spacial score (nSPS) is 7.00. The van der Waals surface area contributed by atoms with Crippen LogP contribution < -0.4 is 0 Å². The van der Waals surface area contributed by atoms with Crippen LogP contribution in [0.1, 0.15) is 19.8 Å². The molecule has 0 fully saturated rings. The van der Waals surface area contributed by atoms with Crippen LogP contribution in [0.15, 0.2) is 0 Å². The summed E-state index contributed by atoms with van der Waals surface area (Å²) in [5.74, 6) is 0. The maximum atomic E-state index is 7.94. The fourth-order valence-electron chi connectivity index (χ4n) is 0.129. The average Bonchev–Trinajstić information content (AvgIpc) is 1.41. The Labute approximate surface area is 53.6 Å². The van der Waals surface area contributed by atoms with Gasteiger partial charge in [-0.15, -0.1) is 0 Å². The summed E-state index contributed by atoms with van der Waals surface area (Å²) in [7, 11) is 0. The van der Waals surface area contributed by atoms with Gasteiger partial charge in [-0.25, -0.2) is 6.61 Å². The van der Waals surface area contributed by atoms with Gasteiger partial charge in [0.2, 0.25) is 0 Å². The Kier molecular flexibility index (Phi) is 15.1. The fraction of sp³-hybridized carbons (Fsp3) is 0.750. The van der Waals surface area contributed by atoms with Crippen LogP contribution in [-0.2, 0) is 21.7 Å². The van der Waals surface area contributed by atoms with Crippen LogP contribution in [0.3, 0.4) is 0 Å². The van der Waals surface area contributed by atoms with Gasteiger partial charge < -0.3 is 5.11 Å². The summed E-state index contributed by atoms with van der Waals surface area (Å²) in [5.41, 5.74) is 0. The smallest absolute Gasteiger partial charge is 0 e. The summed E-state index contributed by atoms with van der Waals surface area (Å²) < 4.78 is 0. The van der Waals surface area contributed by atoms with Gasteiger partial charge in [-0.2, -0.15) is 6.42 Å². The van der Waals surface area contributed by atoms with Gasteiger partial charge >= 0.3 is 0 Å². The third-order valence-corrected chi connectivity index (χ3v) is 0.418. The standard InChI is InChI=1S/C4H9O.Ti/c1-2-3-4-5;/h4-5H,2-3H2,1H3;/q-1;. The van der Waals surface area contributed by atoms with Gasteiger partial charge in [0.25, 0.3) is 0 Å². The monoisotopic (exact) mass is 121 g/mol. The van der Waals surface area contributed by atoms with Gasteiger partial charge in [0, 0.05) is 21.7 Å². The van der Waals surface area contributed by atoms with Crippen LogP contribution in [-0.4, -0.2) is 5.11 Å². The number of unbranched alkanes of at least 4 members (excludes halogenated alkanes) is 1. The second kappa shape index (κ2) is 9.18. The summed E-state index contributed by atoms with van der Waals surface area (Å²) >= 11 is 0. The van der Waals surface area contributed by atoms with Crippen molar-refractivity contribution < 1.29 is 26.8 Å². The van der Waals surface area contributed by atoms with Gasteiger partial charge in [0.15, 0.2) is 0 Å². The molecule has 0 rings (SSSR count). The summed E-state index contributed by atoms with van der Waals surface area (Å²) in [5, 5.41) is 7.94. The molecule has 0 unspecified atom stereocenters. The second-order valence-corrected chi connectivity index (χ2v) is 0.971. The number of aliphatic hydroxyl groups is 1. The SMILES string of the molecule is CCC[CH-]O.[Ti]. The Morgan fingerprint density at radius 1 is 1.67 bits per heavy atom. The number of rotatable bonds is 2. The van der Waals surface area contributed by atoms with Crippen LogP contribution in [0.2, 0.25) is 0 Å². The molecule has 0 aliphatic rings. The second-order valence-electron chi connectivity index (χ2n) is 0.971. The van der Waals surface area contributed by atoms with E-state index in [1.54, 1.807) is 0 Å². The maximum Gasteiger partial charge on any atom is 0 e. The van der Waals surface area contributed by atoms with Crippen LogP contribution in [0.4, 0.5) is 0 Å². The van der Waals surface area contributed by atoms with Crippen molar-refractivity contribution in [1.82, 2.24) is 0 Å². The van der Waals surface area contributed by atoms with Crippen molar-refractivity contribution in [2.75, 3.05) is 0 Å². The molecular formula is C4H9OTi-. The van der Waals surface area contributed by atoms with E-state index in [1.807, 2.05) is 6.92 Å². The van der Waals surface area contributed by atoms with E-state index in [4.69, 9.17) is 5.11 Å². The molecule has 0 aromatic heterocycles. The first-order chi connectivity index (χ1) is 2.41. The van der Waals surface area contributed by atoms with Crippen molar-refractivity contribution in [1.29, 1.82) is 0 Å². The molecule has 1 nitrogen and oxygen atoms in total. The van der Waals surface area contributed by atoms with Crippen LogP contribution in [0.25, 0.3) is 0 Å². The van der Waals surface area contributed by atoms with Gasteiger partial charge in [-0.3, -0.25) is 0 Å². The molecule has 36 valence electrons. The van der Waals surface area contributed by atoms with Crippen LogP contribution in [0.5, 0.6) is 0 Å². The van der Waals surface area contributed by atoms with Crippen LogP contribution >= 0.6 is 0 Å². The minimum Gasteiger partial charge on any atom is -0.566 e. The summed E-state index contributed by atoms with van der Waals surface area (Å²) in [6.07, 6.45) is 1.86. The van der Waals surface area contributed by atoms with Crippen LogP contribution in [0, 0.1) is 6.61 Å². The van der Waals surface area contributed by atoms with Gasteiger partial charge in [0.1, 0.15) is 0 Å². The largest absolute Gasteiger partial charge is 0.566 e. The molecule has 0 aliphatic heterocycles. The summed E-state index contributed by atoms with van der Waals surface area (Å²) in [4.78, 5) is 0. The van der Waals surface area contributed by atoms with Gasteiger partial charge in [0.05, 0.1) is 0 Å². The molecule has 0 aliphatic carbocycles. The van der Waals surface area contributed by atoms with E-state index in [0.29, 0.717) is 0 Å². The van der Waals surface area contributed by atoms with E-state index in [2.05, 4.69) is 0 Å². The molecule has 0 heterocycles. The third kappa shape index (κ3) is 8.82.